The maximum atomic E-state index is 12.3. The molecular weight excluding hydrogens is 789 g/mol. The highest BCUT2D eigenvalue weighted by Gasteiger charge is 2.16. The van der Waals surface area contributed by atoms with Gasteiger partial charge in [0.25, 0.3) is 0 Å². The number of carbonyl (C=O) groups is 2. The molecule has 1 N–H and O–H groups in total. The summed E-state index contributed by atoms with van der Waals surface area (Å²) in [7, 11) is 0. The maximum Gasteiger partial charge on any atom is 0.306 e. The fourth-order valence-electron chi connectivity index (χ4n) is 6.64. The topological polar surface area (TPSA) is 72.8 Å². The van der Waals surface area contributed by atoms with Crippen molar-refractivity contribution in [2.75, 3.05) is 13.2 Å². The van der Waals surface area contributed by atoms with Crippen molar-refractivity contribution in [2.45, 2.75) is 213 Å². The van der Waals surface area contributed by atoms with Crippen molar-refractivity contribution < 1.29 is 24.2 Å². The zero-order chi connectivity index (χ0) is 46.3. The first-order valence-corrected chi connectivity index (χ1v) is 25.7. The minimum atomic E-state index is -0.791. The van der Waals surface area contributed by atoms with E-state index in [1.54, 1.807) is 0 Å². The Morgan fingerprint density at radius 2 is 0.625 bits per heavy atom. The number of unbranched alkanes of at least 4 members (excludes halogenated alkanes) is 15. The number of ether oxygens (including phenoxy) is 2. The minimum Gasteiger partial charge on any atom is -0.462 e. The van der Waals surface area contributed by atoms with Gasteiger partial charge in [-0.2, -0.15) is 0 Å². The highest BCUT2D eigenvalue weighted by Crippen LogP contribution is 2.13. The molecule has 0 bridgehead atoms. The molecule has 0 aliphatic carbocycles. The molecule has 360 valence electrons. The van der Waals surface area contributed by atoms with Crippen LogP contribution in [0.2, 0.25) is 0 Å². The van der Waals surface area contributed by atoms with Crippen LogP contribution in [-0.2, 0) is 19.1 Å². The molecular formula is C59H94O5. The van der Waals surface area contributed by atoms with Crippen LogP contribution in [0.5, 0.6) is 0 Å². The van der Waals surface area contributed by atoms with Crippen molar-refractivity contribution in [3.8, 4) is 0 Å². The number of aliphatic hydroxyl groups excluding tert-OH is 1. The van der Waals surface area contributed by atoms with Crippen LogP contribution in [-0.4, -0.2) is 36.4 Å². The summed E-state index contributed by atoms with van der Waals surface area (Å²) in [5.41, 5.74) is 0. The van der Waals surface area contributed by atoms with Gasteiger partial charge >= 0.3 is 11.9 Å². The molecule has 0 aromatic carbocycles. The van der Waals surface area contributed by atoms with Gasteiger partial charge in [0.2, 0.25) is 0 Å². The molecule has 0 fully saturated rings. The van der Waals surface area contributed by atoms with E-state index in [0.717, 1.165) is 122 Å². The largest absolute Gasteiger partial charge is 0.462 e. The van der Waals surface area contributed by atoms with Gasteiger partial charge in [-0.25, -0.2) is 0 Å². The van der Waals surface area contributed by atoms with Gasteiger partial charge in [0.15, 0.2) is 6.10 Å². The Balaban J connectivity index is 3.61. The second kappa shape index (κ2) is 53.4. The molecule has 0 saturated heterocycles. The maximum absolute atomic E-state index is 12.3. The lowest BCUT2D eigenvalue weighted by Gasteiger charge is -2.15. The lowest BCUT2D eigenvalue weighted by atomic mass is 10.1. The molecule has 0 aliphatic heterocycles. The van der Waals surface area contributed by atoms with Crippen molar-refractivity contribution in [3.05, 3.63) is 134 Å². The van der Waals surface area contributed by atoms with E-state index in [2.05, 4.69) is 148 Å². The molecule has 0 amide bonds. The summed E-state index contributed by atoms with van der Waals surface area (Å²) in [6.45, 7) is 3.89. The smallest absolute Gasteiger partial charge is 0.306 e. The van der Waals surface area contributed by atoms with Crippen LogP contribution in [0.1, 0.15) is 206 Å². The first kappa shape index (κ1) is 60.0. The summed E-state index contributed by atoms with van der Waals surface area (Å²) in [6.07, 6.45) is 79.7. The Morgan fingerprint density at radius 3 is 0.938 bits per heavy atom. The Kier molecular flexibility index (Phi) is 50.1. The van der Waals surface area contributed by atoms with Gasteiger partial charge < -0.3 is 14.6 Å². The molecule has 5 heteroatoms. The van der Waals surface area contributed by atoms with Gasteiger partial charge in [0.05, 0.1) is 6.61 Å². The van der Waals surface area contributed by atoms with Crippen molar-refractivity contribution in [3.63, 3.8) is 0 Å². The standard InChI is InChI=1S/C59H94O5/c1-3-5-7-9-11-13-15-17-19-21-22-23-24-25-26-27-28-29-30-31-32-33-34-35-36-38-40-42-44-46-48-50-52-54-59(62)64-57(55-60)56-63-58(61)53-51-49-47-45-43-41-39-37-20-18-16-14-12-10-8-6-4-2/h5-8,11-14,17-20,22-23,25-26,28-29,31-32,34-35,57,60H,3-4,9-10,15-16,21,24,27,30,33,36-56H2,1-2H3/b7-5-,8-6-,13-11-,14-12-,19-17-,20-18-,23-22-,26-25-,29-28-,32-31-,35-34-. The predicted molar refractivity (Wildman–Crippen MR) is 278 cm³/mol. The van der Waals surface area contributed by atoms with E-state index in [9.17, 15) is 14.7 Å². The quantitative estimate of drug-likeness (QED) is 0.0375. The SMILES string of the molecule is CC/C=C\C/C=C\C/C=C\C/C=C\C/C=C\C/C=C\C/C=C\C/C=C\CCCCCCCCCCC(=O)OC(CO)COC(=O)CCCCCCCCC/C=C\C/C=C\C/C=C\CC. The van der Waals surface area contributed by atoms with E-state index in [1.807, 2.05) is 0 Å². The molecule has 0 aromatic heterocycles. The van der Waals surface area contributed by atoms with E-state index < -0.39 is 6.10 Å². The van der Waals surface area contributed by atoms with Crippen molar-refractivity contribution in [1.29, 1.82) is 0 Å². The molecule has 0 rings (SSSR count). The van der Waals surface area contributed by atoms with E-state index in [4.69, 9.17) is 9.47 Å². The van der Waals surface area contributed by atoms with Gasteiger partial charge in [-0.3, -0.25) is 9.59 Å². The van der Waals surface area contributed by atoms with Crippen molar-refractivity contribution in [2.24, 2.45) is 0 Å². The van der Waals surface area contributed by atoms with Crippen molar-refractivity contribution in [1.82, 2.24) is 0 Å². The second-order valence-electron chi connectivity index (χ2n) is 16.5. The lowest BCUT2D eigenvalue weighted by Crippen LogP contribution is -2.28. The average Bonchev–Trinajstić information content (AvgIpc) is 3.30. The van der Waals surface area contributed by atoms with Gasteiger partial charge in [-0.1, -0.05) is 218 Å². The van der Waals surface area contributed by atoms with Gasteiger partial charge in [0.1, 0.15) is 6.61 Å². The second-order valence-corrected chi connectivity index (χ2v) is 16.5. The molecule has 5 nitrogen and oxygen atoms in total. The van der Waals surface area contributed by atoms with Gasteiger partial charge in [-0.15, -0.1) is 0 Å². The number of allylic oxidation sites excluding steroid dienone is 22. The van der Waals surface area contributed by atoms with Crippen LogP contribution < -0.4 is 0 Å². The fourth-order valence-corrected chi connectivity index (χ4v) is 6.64. The summed E-state index contributed by atoms with van der Waals surface area (Å²) in [4.78, 5) is 24.4. The van der Waals surface area contributed by atoms with E-state index in [-0.39, 0.29) is 25.2 Å². The third-order valence-electron chi connectivity index (χ3n) is 10.4. The van der Waals surface area contributed by atoms with Crippen LogP contribution in [0, 0.1) is 0 Å². The summed E-state index contributed by atoms with van der Waals surface area (Å²) < 4.78 is 10.7. The monoisotopic (exact) mass is 883 g/mol. The van der Waals surface area contributed by atoms with Crippen molar-refractivity contribution >= 4 is 11.9 Å². The van der Waals surface area contributed by atoms with Crippen LogP contribution in [0.15, 0.2) is 134 Å². The van der Waals surface area contributed by atoms with E-state index in [0.29, 0.717) is 12.8 Å². The molecule has 1 unspecified atom stereocenters. The van der Waals surface area contributed by atoms with E-state index in [1.165, 1.54) is 57.8 Å². The van der Waals surface area contributed by atoms with Crippen LogP contribution >= 0.6 is 0 Å². The number of hydrogen-bond donors (Lipinski definition) is 1. The predicted octanol–water partition coefficient (Wildman–Crippen LogP) is 17.3. The first-order chi connectivity index (χ1) is 31.6. The van der Waals surface area contributed by atoms with Gasteiger partial charge in [0, 0.05) is 12.8 Å². The molecule has 64 heavy (non-hydrogen) atoms. The highest BCUT2D eigenvalue weighted by molar-refractivity contribution is 5.70. The number of esters is 2. The molecule has 0 spiro atoms. The number of aliphatic hydroxyl groups is 1. The molecule has 0 heterocycles. The Labute approximate surface area is 394 Å². The Bertz CT molecular complexity index is 1370. The summed E-state index contributed by atoms with van der Waals surface area (Å²) >= 11 is 0. The zero-order valence-corrected chi connectivity index (χ0v) is 41.0. The first-order valence-electron chi connectivity index (χ1n) is 25.7. The molecule has 0 aromatic rings. The van der Waals surface area contributed by atoms with Crippen LogP contribution in [0.25, 0.3) is 0 Å². The fraction of sp³-hybridized carbons (Fsp3) is 0.593. The number of carbonyl (C=O) groups excluding carboxylic acids is 2. The average molecular weight is 883 g/mol. The Morgan fingerprint density at radius 1 is 0.359 bits per heavy atom. The van der Waals surface area contributed by atoms with Gasteiger partial charge in [-0.05, 0) is 109 Å². The number of rotatable bonds is 45. The molecule has 0 radical (unpaired) electrons. The van der Waals surface area contributed by atoms with Crippen LogP contribution in [0.3, 0.4) is 0 Å². The van der Waals surface area contributed by atoms with E-state index >= 15 is 0 Å². The van der Waals surface area contributed by atoms with Crippen LogP contribution in [0.4, 0.5) is 0 Å². The molecule has 0 saturated carbocycles. The Hall–Kier alpha value is -3.96. The minimum absolute atomic E-state index is 0.0827. The summed E-state index contributed by atoms with van der Waals surface area (Å²) in [5, 5.41) is 9.62. The third-order valence-corrected chi connectivity index (χ3v) is 10.4. The summed E-state index contributed by atoms with van der Waals surface area (Å²) in [5.74, 6) is -0.621. The molecule has 0 aliphatic rings. The zero-order valence-electron chi connectivity index (χ0n) is 41.0. The summed E-state index contributed by atoms with van der Waals surface area (Å²) in [6, 6.07) is 0. The third kappa shape index (κ3) is 50.7. The highest BCUT2D eigenvalue weighted by atomic mass is 16.6. The molecule has 1 atom stereocenters. The number of hydrogen-bond acceptors (Lipinski definition) is 5. The lowest BCUT2D eigenvalue weighted by molar-refractivity contribution is -0.161. The normalized spacial score (nSPS) is 13.4.